The first kappa shape index (κ1) is 14.2. The second kappa shape index (κ2) is 6.77. The summed E-state index contributed by atoms with van der Waals surface area (Å²) in [5.41, 5.74) is 4.24. The standard InChI is InChI=1S/C15H26N2/c1-6-10-16-15(11-17(4)5)14-9-7-8-12(2)13(14)3/h7-9,15-16H,6,10-11H2,1-5H3. The number of nitrogens with one attached hydrogen (secondary N) is 1. The van der Waals surface area contributed by atoms with Crippen LogP contribution in [0.5, 0.6) is 0 Å². The van der Waals surface area contributed by atoms with Crippen molar-refractivity contribution in [2.24, 2.45) is 0 Å². The molecule has 0 radical (unpaired) electrons. The molecule has 0 bridgehead atoms. The minimum Gasteiger partial charge on any atom is -0.309 e. The SMILES string of the molecule is CCCNC(CN(C)C)c1cccc(C)c1C. The third kappa shape index (κ3) is 4.14. The number of benzene rings is 1. The van der Waals surface area contributed by atoms with Crippen molar-refractivity contribution in [1.82, 2.24) is 10.2 Å². The van der Waals surface area contributed by atoms with Crippen molar-refractivity contribution in [3.05, 3.63) is 34.9 Å². The van der Waals surface area contributed by atoms with Crippen molar-refractivity contribution in [3.8, 4) is 0 Å². The number of nitrogens with zero attached hydrogens (tertiary/aromatic N) is 1. The Kier molecular flexibility index (Phi) is 5.66. The van der Waals surface area contributed by atoms with Crippen LogP contribution < -0.4 is 5.32 Å². The Hall–Kier alpha value is -0.860. The zero-order valence-corrected chi connectivity index (χ0v) is 11.9. The molecule has 17 heavy (non-hydrogen) atoms. The smallest absolute Gasteiger partial charge is 0.0451 e. The number of rotatable bonds is 6. The molecule has 0 amide bonds. The maximum atomic E-state index is 3.64. The van der Waals surface area contributed by atoms with Crippen LogP contribution in [-0.4, -0.2) is 32.1 Å². The quantitative estimate of drug-likeness (QED) is 0.814. The van der Waals surface area contributed by atoms with E-state index in [1.165, 1.54) is 23.1 Å². The average Bonchev–Trinajstić information content (AvgIpc) is 2.28. The summed E-state index contributed by atoms with van der Waals surface area (Å²) in [6.07, 6.45) is 1.18. The van der Waals surface area contributed by atoms with Gasteiger partial charge in [-0.3, -0.25) is 0 Å². The Morgan fingerprint density at radius 2 is 1.94 bits per heavy atom. The molecule has 1 N–H and O–H groups in total. The van der Waals surface area contributed by atoms with Gasteiger partial charge in [-0.05, 0) is 57.6 Å². The lowest BCUT2D eigenvalue weighted by molar-refractivity contribution is 0.341. The Morgan fingerprint density at radius 1 is 1.24 bits per heavy atom. The molecule has 96 valence electrons. The molecule has 0 fully saturated rings. The van der Waals surface area contributed by atoms with Gasteiger partial charge in [-0.2, -0.15) is 0 Å². The van der Waals surface area contributed by atoms with Crippen LogP contribution in [0.25, 0.3) is 0 Å². The van der Waals surface area contributed by atoms with Crippen LogP contribution in [0.1, 0.15) is 36.1 Å². The van der Waals surface area contributed by atoms with Gasteiger partial charge in [0.15, 0.2) is 0 Å². The van der Waals surface area contributed by atoms with Gasteiger partial charge in [0.1, 0.15) is 0 Å². The fourth-order valence-corrected chi connectivity index (χ4v) is 2.11. The second-order valence-corrected chi connectivity index (χ2v) is 5.06. The molecule has 1 aromatic rings. The zero-order chi connectivity index (χ0) is 12.8. The summed E-state index contributed by atoms with van der Waals surface area (Å²) in [5.74, 6) is 0. The molecule has 2 nitrogen and oxygen atoms in total. The van der Waals surface area contributed by atoms with Gasteiger partial charge in [-0.1, -0.05) is 25.1 Å². The molecule has 2 heteroatoms. The molecule has 1 atom stereocenters. The van der Waals surface area contributed by atoms with Crippen LogP contribution in [0.3, 0.4) is 0 Å². The lowest BCUT2D eigenvalue weighted by Crippen LogP contribution is -2.32. The fraction of sp³-hybridized carbons (Fsp3) is 0.600. The highest BCUT2D eigenvalue weighted by Gasteiger charge is 2.14. The van der Waals surface area contributed by atoms with Crippen molar-refractivity contribution in [2.45, 2.75) is 33.2 Å². The maximum Gasteiger partial charge on any atom is 0.0451 e. The van der Waals surface area contributed by atoms with E-state index in [0.717, 1.165) is 13.1 Å². The van der Waals surface area contributed by atoms with Gasteiger partial charge in [-0.25, -0.2) is 0 Å². The topological polar surface area (TPSA) is 15.3 Å². The van der Waals surface area contributed by atoms with Crippen LogP contribution in [0.15, 0.2) is 18.2 Å². The van der Waals surface area contributed by atoms with Gasteiger partial charge < -0.3 is 10.2 Å². The van der Waals surface area contributed by atoms with Crippen molar-refractivity contribution in [3.63, 3.8) is 0 Å². The van der Waals surface area contributed by atoms with Gasteiger partial charge in [0.2, 0.25) is 0 Å². The third-order valence-electron chi connectivity index (χ3n) is 3.21. The van der Waals surface area contributed by atoms with E-state index in [0.29, 0.717) is 6.04 Å². The lowest BCUT2D eigenvalue weighted by atomic mass is 9.97. The molecule has 1 unspecified atom stereocenters. The van der Waals surface area contributed by atoms with E-state index >= 15 is 0 Å². The van der Waals surface area contributed by atoms with E-state index in [-0.39, 0.29) is 0 Å². The van der Waals surface area contributed by atoms with Crippen molar-refractivity contribution < 1.29 is 0 Å². The summed E-state index contributed by atoms with van der Waals surface area (Å²) < 4.78 is 0. The van der Waals surface area contributed by atoms with Crippen LogP contribution in [0, 0.1) is 13.8 Å². The molecule has 1 aromatic carbocycles. The van der Waals surface area contributed by atoms with Gasteiger partial charge in [0, 0.05) is 12.6 Å². The van der Waals surface area contributed by atoms with Crippen LogP contribution in [0.4, 0.5) is 0 Å². The molecule has 0 spiro atoms. The monoisotopic (exact) mass is 234 g/mol. The summed E-state index contributed by atoms with van der Waals surface area (Å²) in [6.45, 7) is 8.74. The molecule has 1 rings (SSSR count). The normalized spacial score (nSPS) is 13.1. The molecule has 0 aromatic heterocycles. The van der Waals surface area contributed by atoms with E-state index in [1.54, 1.807) is 0 Å². The first-order valence-electron chi connectivity index (χ1n) is 6.50. The van der Waals surface area contributed by atoms with Crippen LogP contribution >= 0.6 is 0 Å². The van der Waals surface area contributed by atoms with Crippen molar-refractivity contribution in [1.29, 1.82) is 0 Å². The van der Waals surface area contributed by atoms with E-state index in [2.05, 4.69) is 63.3 Å². The summed E-state index contributed by atoms with van der Waals surface area (Å²) >= 11 is 0. The van der Waals surface area contributed by atoms with E-state index in [9.17, 15) is 0 Å². The second-order valence-electron chi connectivity index (χ2n) is 5.06. The highest BCUT2D eigenvalue weighted by molar-refractivity contribution is 5.35. The molecule has 0 heterocycles. The van der Waals surface area contributed by atoms with Gasteiger partial charge in [-0.15, -0.1) is 0 Å². The first-order chi connectivity index (χ1) is 8.06. The van der Waals surface area contributed by atoms with Gasteiger partial charge >= 0.3 is 0 Å². The number of hydrogen-bond donors (Lipinski definition) is 1. The molecule has 0 saturated carbocycles. The van der Waals surface area contributed by atoms with E-state index in [4.69, 9.17) is 0 Å². The minimum atomic E-state index is 0.435. The number of likely N-dealkylation sites (N-methyl/N-ethyl adjacent to an activating group) is 1. The fourth-order valence-electron chi connectivity index (χ4n) is 2.11. The lowest BCUT2D eigenvalue weighted by Gasteiger charge is -2.25. The largest absolute Gasteiger partial charge is 0.309 e. The average molecular weight is 234 g/mol. The Morgan fingerprint density at radius 3 is 2.53 bits per heavy atom. The van der Waals surface area contributed by atoms with Crippen molar-refractivity contribution >= 4 is 0 Å². The van der Waals surface area contributed by atoms with Crippen LogP contribution in [-0.2, 0) is 0 Å². The zero-order valence-electron chi connectivity index (χ0n) is 11.9. The Bertz CT molecular complexity index is 345. The van der Waals surface area contributed by atoms with E-state index < -0.39 is 0 Å². The minimum absolute atomic E-state index is 0.435. The first-order valence-corrected chi connectivity index (χ1v) is 6.50. The van der Waals surface area contributed by atoms with Gasteiger partial charge in [0.05, 0.1) is 0 Å². The number of aryl methyl sites for hydroxylation is 1. The highest BCUT2D eigenvalue weighted by atomic mass is 15.1. The summed E-state index contributed by atoms with van der Waals surface area (Å²) in [4.78, 5) is 2.25. The molecule has 0 saturated heterocycles. The molecular formula is C15H26N2. The summed E-state index contributed by atoms with van der Waals surface area (Å²) in [5, 5.41) is 3.64. The predicted octanol–water partition coefficient (Wildman–Crippen LogP) is 2.91. The molecule has 0 aliphatic carbocycles. The van der Waals surface area contributed by atoms with Crippen molar-refractivity contribution in [2.75, 3.05) is 27.2 Å². The molecule has 0 aliphatic rings. The van der Waals surface area contributed by atoms with Crippen LogP contribution in [0.2, 0.25) is 0 Å². The molecular weight excluding hydrogens is 208 g/mol. The number of hydrogen-bond acceptors (Lipinski definition) is 2. The highest BCUT2D eigenvalue weighted by Crippen LogP contribution is 2.21. The summed E-state index contributed by atoms with van der Waals surface area (Å²) in [7, 11) is 4.26. The maximum absolute atomic E-state index is 3.64. The molecule has 0 aliphatic heterocycles. The van der Waals surface area contributed by atoms with Gasteiger partial charge in [0.25, 0.3) is 0 Å². The van der Waals surface area contributed by atoms with E-state index in [1.807, 2.05) is 0 Å². The third-order valence-corrected chi connectivity index (χ3v) is 3.21. The Labute approximate surface area is 106 Å². The Balaban J connectivity index is 2.90. The predicted molar refractivity (Wildman–Crippen MR) is 75.5 cm³/mol. The summed E-state index contributed by atoms with van der Waals surface area (Å²) in [6, 6.07) is 7.03.